The van der Waals surface area contributed by atoms with Crippen LogP contribution < -0.4 is 11.2 Å². The highest BCUT2D eigenvalue weighted by atomic mass is 19.1. The van der Waals surface area contributed by atoms with Crippen LogP contribution >= 0.6 is 0 Å². The highest BCUT2D eigenvalue weighted by molar-refractivity contribution is 5.81. The average Bonchev–Trinajstić information content (AvgIpc) is 3.17. The number of rotatable bonds is 2. The molecule has 1 fully saturated rings. The Bertz CT molecular complexity index is 714. The van der Waals surface area contributed by atoms with E-state index in [1.165, 1.54) is 12.1 Å². The molecule has 0 bridgehead atoms. The molecular formula is C15H16FNO2. The summed E-state index contributed by atoms with van der Waals surface area (Å²) >= 11 is 0. The van der Waals surface area contributed by atoms with Gasteiger partial charge in [0, 0.05) is 23.1 Å². The maximum absolute atomic E-state index is 13.6. The molecule has 3 rings (SSSR count). The van der Waals surface area contributed by atoms with E-state index in [1.807, 2.05) is 0 Å². The molecule has 3 nitrogen and oxygen atoms in total. The maximum Gasteiger partial charge on any atom is 0.195 e. The molecule has 1 aliphatic carbocycles. The van der Waals surface area contributed by atoms with Crippen LogP contribution in [0.4, 0.5) is 4.39 Å². The summed E-state index contributed by atoms with van der Waals surface area (Å²) in [6.45, 7) is 3.50. The Kier molecular flexibility index (Phi) is 2.71. The Hall–Kier alpha value is -1.68. The van der Waals surface area contributed by atoms with E-state index in [0.29, 0.717) is 22.6 Å². The summed E-state index contributed by atoms with van der Waals surface area (Å²) in [5.74, 6) is 0.625. The first kappa shape index (κ1) is 12.4. The normalized spacial score (nSPS) is 16.8. The lowest BCUT2D eigenvalue weighted by Crippen LogP contribution is -2.13. The Morgan fingerprint density at radius 3 is 2.68 bits per heavy atom. The van der Waals surface area contributed by atoms with E-state index in [0.717, 1.165) is 18.6 Å². The van der Waals surface area contributed by atoms with Crippen molar-refractivity contribution in [3.8, 4) is 0 Å². The average molecular weight is 261 g/mol. The molecule has 0 aliphatic heterocycles. The van der Waals surface area contributed by atoms with Crippen LogP contribution in [0.5, 0.6) is 0 Å². The second-order valence-electron chi connectivity index (χ2n) is 5.36. The van der Waals surface area contributed by atoms with Gasteiger partial charge in [-0.2, -0.15) is 0 Å². The highest BCUT2D eigenvalue weighted by Gasteiger charge is 2.30. The second kappa shape index (κ2) is 4.17. The van der Waals surface area contributed by atoms with E-state index in [-0.39, 0.29) is 16.9 Å². The molecular weight excluding hydrogens is 245 g/mol. The van der Waals surface area contributed by atoms with Crippen molar-refractivity contribution in [1.29, 1.82) is 0 Å². The highest BCUT2D eigenvalue weighted by Crippen LogP contribution is 2.42. The van der Waals surface area contributed by atoms with Gasteiger partial charge in [-0.25, -0.2) is 4.39 Å². The molecule has 0 radical (unpaired) electrons. The van der Waals surface area contributed by atoms with Gasteiger partial charge < -0.3 is 10.2 Å². The summed E-state index contributed by atoms with van der Waals surface area (Å²) in [6.07, 6.45) is 2.09. The molecule has 2 N–H and O–H groups in total. The van der Waals surface area contributed by atoms with Crippen molar-refractivity contribution in [3.63, 3.8) is 0 Å². The first-order valence-corrected chi connectivity index (χ1v) is 6.51. The first-order valence-electron chi connectivity index (χ1n) is 6.51. The van der Waals surface area contributed by atoms with E-state index in [1.54, 1.807) is 13.8 Å². The number of hydrogen-bond donors (Lipinski definition) is 1. The van der Waals surface area contributed by atoms with Gasteiger partial charge in [0.25, 0.3) is 0 Å². The van der Waals surface area contributed by atoms with Crippen LogP contribution in [0.15, 0.2) is 21.3 Å². The van der Waals surface area contributed by atoms with E-state index in [4.69, 9.17) is 10.2 Å². The molecule has 1 aromatic heterocycles. The molecule has 1 aliphatic rings. The fraction of sp³-hybridized carbons (Fsp3) is 0.400. The number of nitrogens with two attached hydrogens (primary N) is 1. The SMILES string of the molecule is Cc1c(C2CC2)oc2c([C@@H](C)N)cc(F)cc2c1=O. The molecule has 2 aromatic rings. The van der Waals surface area contributed by atoms with Crippen LogP contribution in [0.1, 0.15) is 48.6 Å². The number of fused-ring (bicyclic) bond motifs is 1. The first-order chi connectivity index (χ1) is 8.99. The zero-order valence-electron chi connectivity index (χ0n) is 11.0. The fourth-order valence-corrected chi connectivity index (χ4v) is 2.47. The smallest absolute Gasteiger partial charge is 0.195 e. The lowest BCUT2D eigenvalue weighted by molar-refractivity contribution is 0.524. The van der Waals surface area contributed by atoms with Gasteiger partial charge >= 0.3 is 0 Å². The Morgan fingerprint density at radius 2 is 2.11 bits per heavy atom. The van der Waals surface area contributed by atoms with Crippen LogP contribution in [-0.4, -0.2) is 0 Å². The molecule has 0 saturated heterocycles. The zero-order chi connectivity index (χ0) is 13.7. The van der Waals surface area contributed by atoms with Crippen molar-refractivity contribution in [2.24, 2.45) is 5.73 Å². The Morgan fingerprint density at radius 1 is 1.42 bits per heavy atom. The topological polar surface area (TPSA) is 56.2 Å². The third-order valence-corrected chi connectivity index (χ3v) is 3.69. The maximum atomic E-state index is 13.6. The summed E-state index contributed by atoms with van der Waals surface area (Å²) in [5.41, 5.74) is 7.28. The summed E-state index contributed by atoms with van der Waals surface area (Å²) in [5, 5.41) is 0.286. The van der Waals surface area contributed by atoms with Gasteiger partial charge in [-0.1, -0.05) is 0 Å². The van der Waals surface area contributed by atoms with Crippen molar-refractivity contribution >= 4 is 11.0 Å². The van der Waals surface area contributed by atoms with Gasteiger partial charge in [-0.15, -0.1) is 0 Å². The van der Waals surface area contributed by atoms with Crippen LogP contribution in [0.3, 0.4) is 0 Å². The van der Waals surface area contributed by atoms with Crippen LogP contribution in [0.2, 0.25) is 0 Å². The van der Waals surface area contributed by atoms with Gasteiger partial charge in [0.05, 0.1) is 5.39 Å². The number of benzene rings is 1. The van der Waals surface area contributed by atoms with E-state index in [2.05, 4.69) is 0 Å². The molecule has 1 heterocycles. The summed E-state index contributed by atoms with van der Waals surface area (Å²) < 4.78 is 19.5. The lowest BCUT2D eigenvalue weighted by atomic mass is 10.0. The summed E-state index contributed by atoms with van der Waals surface area (Å²) in [6, 6.07) is 2.20. The number of hydrogen-bond acceptors (Lipinski definition) is 3. The Labute approximate surface area is 110 Å². The molecule has 1 atom stereocenters. The van der Waals surface area contributed by atoms with E-state index in [9.17, 15) is 9.18 Å². The molecule has 1 saturated carbocycles. The van der Waals surface area contributed by atoms with Crippen LogP contribution in [-0.2, 0) is 0 Å². The van der Waals surface area contributed by atoms with Gasteiger partial charge in [0.1, 0.15) is 17.2 Å². The minimum absolute atomic E-state index is 0.149. The van der Waals surface area contributed by atoms with Crippen molar-refractivity contribution in [3.05, 3.63) is 45.1 Å². The third-order valence-electron chi connectivity index (χ3n) is 3.69. The molecule has 1 aromatic carbocycles. The standard InChI is InChI=1S/C15H16FNO2/c1-7-13(18)12-6-10(16)5-11(8(2)17)15(12)19-14(7)9-3-4-9/h5-6,8-9H,3-4,17H2,1-2H3/t8-/m1/s1. The predicted octanol–water partition coefficient (Wildman–Crippen LogP) is 3.14. The van der Waals surface area contributed by atoms with Crippen molar-refractivity contribution in [2.75, 3.05) is 0 Å². The van der Waals surface area contributed by atoms with E-state index >= 15 is 0 Å². The van der Waals surface area contributed by atoms with Crippen molar-refractivity contribution in [2.45, 2.75) is 38.6 Å². The summed E-state index contributed by atoms with van der Waals surface area (Å²) in [4.78, 5) is 12.3. The van der Waals surface area contributed by atoms with Gasteiger partial charge in [0.15, 0.2) is 5.43 Å². The lowest BCUT2D eigenvalue weighted by Gasteiger charge is -2.12. The minimum atomic E-state index is -0.453. The summed E-state index contributed by atoms with van der Waals surface area (Å²) in [7, 11) is 0. The second-order valence-corrected chi connectivity index (χ2v) is 5.36. The molecule has 4 heteroatoms. The predicted molar refractivity (Wildman–Crippen MR) is 71.8 cm³/mol. The minimum Gasteiger partial charge on any atom is -0.460 e. The molecule has 0 unspecified atom stereocenters. The molecule has 0 amide bonds. The molecule has 100 valence electrons. The fourth-order valence-electron chi connectivity index (χ4n) is 2.47. The third kappa shape index (κ3) is 1.96. The van der Waals surface area contributed by atoms with Crippen molar-refractivity contribution < 1.29 is 8.81 Å². The van der Waals surface area contributed by atoms with Gasteiger partial charge in [-0.3, -0.25) is 4.79 Å². The Balaban J connectivity index is 2.41. The monoisotopic (exact) mass is 261 g/mol. The quantitative estimate of drug-likeness (QED) is 0.903. The van der Waals surface area contributed by atoms with Crippen LogP contribution in [0, 0.1) is 12.7 Å². The molecule has 19 heavy (non-hydrogen) atoms. The number of halogens is 1. The molecule has 0 spiro atoms. The van der Waals surface area contributed by atoms with E-state index < -0.39 is 5.82 Å². The van der Waals surface area contributed by atoms with Crippen molar-refractivity contribution in [1.82, 2.24) is 0 Å². The largest absolute Gasteiger partial charge is 0.460 e. The van der Waals surface area contributed by atoms with Gasteiger partial charge in [-0.05, 0) is 38.8 Å². The van der Waals surface area contributed by atoms with Gasteiger partial charge in [0.2, 0.25) is 0 Å². The van der Waals surface area contributed by atoms with Crippen LogP contribution in [0.25, 0.3) is 11.0 Å². The zero-order valence-corrected chi connectivity index (χ0v) is 11.0.